The summed E-state index contributed by atoms with van der Waals surface area (Å²) in [5, 5.41) is 2.57. The van der Waals surface area contributed by atoms with Gasteiger partial charge in [-0.2, -0.15) is 0 Å². The third-order valence-electron chi connectivity index (χ3n) is 3.78. The van der Waals surface area contributed by atoms with E-state index in [-0.39, 0.29) is 36.0 Å². The molecule has 3 rings (SSSR count). The maximum Gasteiger partial charge on any atom is 0.224 e. The fraction of sp³-hybridized carbons (Fsp3) is 0.158. The molecule has 2 aromatic carbocycles. The van der Waals surface area contributed by atoms with Crippen LogP contribution in [0.5, 0.6) is 0 Å². The Morgan fingerprint density at radius 3 is 2.54 bits per heavy atom. The molecule has 0 aliphatic carbocycles. The van der Waals surface area contributed by atoms with Crippen molar-refractivity contribution in [3.8, 4) is 11.3 Å². The van der Waals surface area contributed by atoms with Crippen molar-refractivity contribution < 1.29 is 22.4 Å². The van der Waals surface area contributed by atoms with Gasteiger partial charge in [0.15, 0.2) is 11.7 Å². The largest absolute Gasteiger partial charge is 0.441 e. The molecule has 0 spiro atoms. The summed E-state index contributed by atoms with van der Waals surface area (Å²) in [6.45, 7) is 1.62. The second kappa shape index (κ2) is 7.43. The summed E-state index contributed by atoms with van der Waals surface area (Å²) in [5.41, 5.74) is 0.529. The summed E-state index contributed by atoms with van der Waals surface area (Å²) < 4.78 is 46.3. The van der Waals surface area contributed by atoms with Gasteiger partial charge in [0.05, 0.1) is 11.8 Å². The van der Waals surface area contributed by atoms with E-state index in [9.17, 15) is 18.0 Å². The number of benzene rings is 2. The fourth-order valence-electron chi connectivity index (χ4n) is 2.39. The molecule has 1 N–H and O–H groups in total. The zero-order valence-electron chi connectivity index (χ0n) is 13.9. The molecule has 0 fully saturated rings. The van der Waals surface area contributed by atoms with Gasteiger partial charge in [0.1, 0.15) is 17.5 Å². The van der Waals surface area contributed by atoms with Gasteiger partial charge in [0.2, 0.25) is 5.91 Å². The minimum atomic E-state index is -0.758. The number of anilines is 1. The van der Waals surface area contributed by atoms with Crippen LogP contribution in [0.4, 0.5) is 18.9 Å². The molecule has 3 aromatic rings. The van der Waals surface area contributed by atoms with E-state index in [4.69, 9.17) is 4.42 Å². The molecular weight excluding hydrogens is 345 g/mol. The van der Waals surface area contributed by atoms with Crippen molar-refractivity contribution in [3.63, 3.8) is 0 Å². The Bertz CT molecular complexity index is 933. The number of hydrogen-bond acceptors (Lipinski definition) is 3. The van der Waals surface area contributed by atoms with Crippen molar-refractivity contribution in [2.75, 3.05) is 5.32 Å². The van der Waals surface area contributed by atoms with Crippen LogP contribution in [-0.4, -0.2) is 10.9 Å². The predicted octanol–water partition coefficient (Wildman–Crippen LogP) is 4.64. The first-order valence-corrected chi connectivity index (χ1v) is 7.89. The monoisotopic (exact) mass is 360 g/mol. The van der Waals surface area contributed by atoms with Crippen molar-refractivity contribution in [2.45, 2.75) is 19.8 Å². The summed E-state index contributed by atoms with van der Waals surface area (Å²) in [7, 11) is 0. The number of carbonyl (C=O) groups is 1. The van der Waals surface area contributed by atoms with Crippen molar-refractivity contribution in [3.05, 3.63) is 71.5 Å². The van der Waals surface area contributed by atoms with Crippen molar-refractivity contribution in [2.24, 2.45) is 0 Å². The molecule has 1 heterocycles. The van der Waals surface area contributed by atoms with Gasteiger partial charge in [-0.05, 0) is 36.8 Å². The van der Waals surface area contributed by atoms with Crippen molar-refractivity contribution in [1.29, 1.82) is 0 Å². The Hall–Kier alpha value is -3.09. The number of halogens is 3. The zero-order valence-corrected chi connectivity index (χ0v) is 13.9. The van der Waals surface area contributed by atoms with Crippen LogP contribution in [0.1, 0.15) is 17.9 Å². The summed E-state index contributed by atoms with van der Waals surface area (Å²) in [4.78, 5) is 15.9. The number of hydrogen-bond donors (Lipinski definition) is 1. The van der Waals surface area contributed by atoms with E-state index in [0.29, 0.717) is 11.3 Å². The topological polar surface area (TPSA) is 55.1 Å². The van der Waals surface area contributed by atoms with E-state index in [2.05, 4.69) is 10.3 Å². The number of aryl methyl sites for hydroxylation is 2. The Morgan fingerprint density at radius 1 is 1.12 bits per heavy atom. The maximum absolute atomic E-state index is 13.7. The van der Waals surface area contributed by atoms with Gasteiger partial charge in [0.25, 0.3) is 0 Å². The summed E-state index contributed by atoms with van der Waals surface area (Å²) >= 11 is 0. The van der Waals surface area contributed by atoms with Crippen LogP contribution in [0.3, 0.4) is 0 Å². The van der Waals surface area contributed by atoms with Gasteiger partial charge in [0, 0.05) is 18.5 Å². The van der Waals surface area contributed by atoms with Gasteiger partial charge >= 0.3 is 0 Å². The Kier molecular flexibility index (Phi) is 5.06. The minimum absolute atomic E-state index is 0.0230. The molecule has 0 saturated heterocycles. The van der Waals surface area contributed by atoms with E-state index >= 15 is 0 Å². The van der Waals surface area contributed by atoms with Crippen molar-refractivity contribution >= 4 is 11.6 Å². The van der Waals surface area contributed by atoms with Crippen LogP contribution in [-0.2, 0) is 11.2 Å². The van der Waals surface area contributed by atoms with Gasteiger partial charge in [-0.1, -0.05) is 12.1 Å². The van der Waals surface area contributed by atoms with E-state index in [1.54, 1.807) is 19.1 Å². The lowest BCUT2D eigenvalue weighted by Crippen LogP contribution is -2.12. The lowest BCUT2D eigenvalue weighted by atomic mass is 10.1. The second-order valence-electron chi connectivity index (χ2n) is 5.73. The first-order valence-electron chi connectivity index (χ1n) is 7.89. The number of nitrogens with zero attached hydrogens (tertiary/aromatic N) is 1. The van der Waals surface area contributed by atoms with Crippen LogP contribution >= 0.6 is 0 Å². The number of oxazole rings is 1. The molecule has 0 unspecified atom stereocenters. The minimum Gasteiger partial charge on any atom is -0.441 e. The van der Waals surface area contributed by atoms with Gasteiger partial charge < -0.3 is 9.73 Å². The fourth-order valence-corrected chi connectivity index (χ4v) is 2.39. The van der Waals surface area contributed by atoms with Gasteiger partial charge in [-0.25, -0.2) is 18.2 Å². The van der Waals surface area contributed by atoms with Crippen LogP contribution in [0.2, 0.25) is 0 Å². The van der Waals surface area contributed by atoms with Crippen LogP contribution in [0.25, 0.3) is 11.3 Å². The molecule has 26 heavy (non-hydrogen) atoms. The molecule has 1 aromatic heterocycles. The number of amides is 1. The standard InChI is InChI=1S/C19H15F3N2O2/c1-11-5-6-12(9-15(11)22)24-17(25)7-8-18-23-10-16(26-18)19-13(20)3-2-4-14(19)21/h2-6,9-10H,7-8H2,1H3,(H,24,25). The number of carbonyl (C=O) groups excluding carboxylic acids is 1. The zero-order chi connectivity index (χ0) is 18.7. The molecule has 4 nitrogen and oxygen atoms in total. The van der Waals surface area contributed by atoms with E-state index in [0.717, 1.165) is 12.1 Å². The Morgan fingerprint density at radius 2 is 1.85 bits per heavy atom. The van der Waals surface area contributed by atoms with E-state index in [1.807, 2.05) is 0 Å². The molecule has 0 bridgehead atoms. The summed E-state index contributed by atoms with van der Waals surface area (Å²) in [6.07, 6.45) is 1.37. The first kappa shape index (κ1) is 17.7. The Labute approximate surface area is 147 Å². The highest BCUT2D eigenvalue weighted by Gasteiger charge is 2.16. The number of rotatable bonds is 5. The second-order valence-corrected chi connectivity index (χ2v) is 5.73. The summed E-state index contributed by atoms with van der Waals surface area (Å²) in [5.74, 6) is -2.15. The number of nitrogens with one attached hydrogen (secondary N) is 1. The van der Waals surface area contributed by atoms with Crippen LogP contribution in [0.15, 0.2) is 47.0 Å². The molecule has 0 aliphatic heterocycles. The smallest absolute Gasteiger partial charge is 0.224 e. The molecule has 0 aliphatic rings. The third-order valence-corrected chi connectivity index (χ3v) is 3.78. The normalized spacial score (nSPS) is 10.8. The van der Waals surface area contributed by atoms with Crippen LogP contribution < -0.4 is 5.32 Å². The molecule has 0 saturated carbocycles. The molecule has 0 atom stereocenters. The average molecular weight is 360 g/mol. The average Bonchev–Trinajstić information content (AvgIpc) is 3.05. The quantitative estimate of drug-likeness (QED) is 0.721. The van der Waals surface area contributed by atoms with Crippen LogP contribution in [0, 0.1) is 24.4 Å². The molecule has 1 amide bonds. The highest BCUT2D eigenvalue weighted by atomic mass is 19.1. The highest BCUT2D eigenvalue weighted by Crippen LogP contribution is 2.26. The SMILES string of the molecule is Cc1ccc(NC(=O)CCc2ncc(-c3c(F)cccc3F)o2)cc1F. The van der Waals surface area contributed by atoms with E-state index < -0.39 is 17.5 Å². The molecule has 7 heteroatoms. The molecule has 134 valence electrons. The third kappa shape index (κ3) is 3.93. The highest BCUT2D eigenvalue weighted by molar-refractivity contribution is 5.90. The lowest BCUT2D eigenvalue weighted by Gasteiger charge is -2.05. The number of aromatic nitrogens is 1. The van der Waals surface area contributed by atoms with Gasteiger partial charge in [-0.15, -0.1) is 0 Å². The van der Waals surface area contributed by atoms with E-state index in [1.165, 1.54) is 18.3 Å². The summed E-state index contributed by atoms with van der Waals surface area (Å²) in [6, 6.07) is 7.89. The van der Waals surface area contributed by atoms with Gasteiger partial charge in [-0.3, -0.25) is 4.79 Å². The Balaban J connectivity index is 1.63. The molecule has 0 radical (unpaired) electrons. The first-order chi connectivity index (χ1) is 12.4. The maximum atomic E-state index is 13.7. The molecular formula is C19H15F3N2O2. The lowest BCUT2D eigenvalue weighted by molar-refractivity contribution is -0.116. The predicted molar refractivity (Wildman–Crippen MR) is 89.9 cm³/mol. The van der Waals surface area contributed by atoms with Crippen molar-refractivity contribution in [1.82, 2.24) is 4.98 Å².